The third-order valence-electron chi connectivity index (χ3n) is 2.04. The second kappa shape index (κ2) is 5.40. The van der Waals surface area contributed by atoms with E-state index in [-0.39, 0.29) is 11.7 Å². The highest BCUT2D eigenvalue weighted by atomic mass is 19.4. The molecule has 1 aromatic carbocycles. The standard InChI is InChI=1S/C12H15F3O2/c1-8(2)17-10-5-3-4-9(6-10)11(16)7-12(13,14)15/h3-6,8,11,16H,7H2,1-2H3. The predicted octanol–water partition coefficient (Wildman–Crippen LogP) is 3.46. The van der Waals surface area contributed by atoms with E-state index in [0.29, 0.717) is 5.75 Å². The van der Waals surface area contributed by atoms with Crippen molar-refractivity contribution in [2.24, 2.45) is 0 Å². The van der Waals surface area contributed by atoms with Crippen LogP contribution in [0.4, 0.5) is 13.2 Å². The van der Waals surface area contributed by atoms with Crippen molar-refractivity contribution < 1.29 is 23.0 Å². The maximum atomic E-state index is 12.1. The van der Waals surface area contributed by atoms with Gasteiger partial charge in [-0.25, -0.2) is 0 Å². The number of halogens is 3. The van der Waals surface area contributed by atoms with E-state index in [9.17, 15) is 18.3 Å². The molecule has 0 saturated heterocycles. The molecule has 1 aromatic rings. The normalized spacial score (nSPS) is 13.8. The van der Waals surface area contributed by atoms with Crippen molar-refractivity contribution in [3.05, 3.63) is 29.8 Å². The van der Waals surface area contributed by atoms with Crippen LogP contribution >= 0.6 is 0 Å². The first kappa shape index (κ1) is 13.8. The van der Waals surface area contributed by atoms with Gasteiger partial charge in [-0.3, -0.25) is 0 Å². The van der Waals surface area contributed by atoms with Crippen molar-refractivity contribution in [2.75, 3.05) is 0 Å². The van der Waals surface area contributed by atoms with Gasteiger partial charge in [0, 0.05) is 0 Å². The van der Waals surface area contributed by atoms with Gasteiger partial charge in [0.05, 0.1) is 18.6 Å². The Bertz CT molecular complexity index is 361. The lowest BCUT2D eigenvalue weighted by Crippen LogP contribution is -2.13. The highest BCUT2D eigenvalue weighted by molar-refractivity contribution is 5.30. The monoisotopic (exact) mass is 248 g/mol. The number of rotatable bonds is 4. The molecule has 0 aliphatic carbocycles. The summed E-state index contributed by atoms with van der Waals surface area (Å²) >= 11 is 0. The fourth-order valence-corrected chi connectivity index (χ4v) is 1.40. The van der Waals surface area contributed by atoms with Gasteiger partial charge < -0.3 is 9.84 Å². The third-order valence-corrected chi connectivity index (χ3v) is 2.04. The number of aliphatic hydroxyl groups excluding tert-OH is 1. The Hall–Kier alpha value is -1.23. The fourth-order valence-electron chi connectivity index (χ4n) is 1.40. The van der Waals surface area contributed by atoms with Crippen molar-refractivity contribution in [1.29, 1.82) is 0 Å². The number of alkyl halides is 3. The topological polar surface area (TPSA) is 29.5 Å². The van der Waals surface area contributed by atoms with Gasteiger partial charge in [-0.15, -0.1) is 0 Å². The zero-order valence-electron chi connectivity index (χ0n) is 9.66. The molecule has 0 fully saturated rings. The molecule has 0 radical (unpaired) electrons. The van der Waals surface area contributed by atoms with Crippen molar-refractivity contribution >= 4 is 0 Å². The Kier molecular flexibility index (Phi) is 4.40. The summed E-state index contributed by atoms with van der Waals surface area (Å²) in [7, 11) is 0. The molecule has 1 rings (SSSR count). The largest absolute Gasteiger partial charge is 0.491 e. The SMILES string of the molecule is CC(C)Oc1cccc(C(O)CC(F)(F)F)c1. The second-order valence-corrected chi connectivity index (χ2v) is 4.07. The van der Waals surface area contributed by atoms with Crippen molar-refractivity contribution in [3.63, 3.8) is 0 Å². The van der Waals surface area contributed by atoms with Crippen LogP contribution in [0.3, 0.4) is 0 Å². The Morgan fingerprint density at radius 1 is 1.29 bits per heavy atom. The van der Waals surface area contributed by atoms with Crippen LogP contribution in [-0.2, 0) is 0 Å². The molecule has 17 heavy (non-hydrogen) atoms. The lowest BCUT2D eigenvalue weighted by molar-refractivity contribution is -0.154. The van der Waals surface area contributed by atoms with E-state index in [4.69, 9.17) is 4.74 Å². The zero-order chi connectivity index (χ0) is 13.1. The quantitative estimate of drug-likeness (QED) is 0.884. The molecule has 0 bridgehead atoms. The average Bonchev–Trinajstić information content (AvgIpc) is 2.14. The van der Waals surface area contributed by atoms with Gasteiger partial charge in [-0.2, -0.15) is 13.2 Å². The summed E-state index contributed by atoms with van der Waals surface area (Å²) in [6, 6.07) is 6.08. The average molecular weight is 248 g/mol. The van der Waals surface area contributed by atoms with Crippen LogP contribution in [0.1, 0.15) is 31.9 Å². The molecule has 1 atom stereocenters. The van der Waals surface area contributed by atoms with Gasteiger partial charge in [-0.1, -0.05) is 12.1 Å². The Morgan fingerprint density at radius 3 is 2.47 bits per heavy atom. The predicted molar refractivity (Wildman–Crippen MR) is 57.8 cm³/mol. The summed E-state index contributed by atoms with van der Waals surface area (Å²) < 4.78 is 41.7. The van der Waals surface area contributed by atoms with E-state index in [1.54, 1.807) is 12.1 Å². The van der Waals surface area contributed by atoms with Gasteiger partial charge in [0.1, 0.15) is 5.75 Å². The number of aliphatic hydroxyl groups is 1. The summed E-state index contributed by atoms with van der Waals surface area (Å²) in [5.41, 5.74) is 0.209. The van der Waals surface area contributed by atoms with Gasteiger partial charge in [-0.05, 0) is 31.5 Å². The summed E-state index contributed by atoms with van der Waals surface area (Å²) in [6.45, 7) is 3.64. The van der Waals surface area contributed by atoms with Gasteiger partial charge in [0.2, 0.25) is 0 Å². The minimum atomic E-state index is -4.38. The van der Waals surface area contributed by atoms with E-state index < -0.39 is 18.7 Å². The second-order valence-electron chi connectivity index (χ2n) is 4.07. The van der Waals surface area contributed by atoms with Gasteiger partial charge >= 0.3 is 6.18 Å². The van der Waals surface area contributed by atoms with E-state index >= 15 is 0 Å². The van der Waals surface area contributed by atoms with Crippen LogP contribution in [0.2, 0.25) is 0 Å². The highest BCUT2D eigenvalue weighted by Gasteiger charge is 2.31. The third kappa shape index (κ3) is 5.08. The van der Waals surface area contributed by atoms with E-state index in [1.165, 1.54) is 12.1 Å². The first-order valence-corrected chi connectivity index (χ1v) is 5.29. The van der Waals surface area contributed by atoms with E-state index in [2.05, 4.69) is 0 Å². The molecule has 1 unspecified atom stereocenters. The Labute approximate surface area is 98.0 Å². The molecule has 0 spiro atoms. The molecule has 0 aliphatic rings. The van der Waals surface area contributed by atoms with Crippen LogP contribution in [0.15, 0.2) is 24.3 Å². The summed E-state index contributed by atoms with van der Waals surface area (Å²) in [5.74, 6) is 0.457. The maximum absolute atomic E-state index is 12.1. The number of hydrogen-bond donors (Lipinski definition) is 1. The molecule has 0 aliphatic heterocycles. The number of hydrogen-bond acceptors (Lipinski definition) is 2. The van der Waals surface area contributed by atoms with Crippen molar-refractivity contribution in [1.82, 2.24) is 0 Å². The maximum Gasteiger partial charge on any atom is 0.391 e. The van der Waals surface area contributed by atoms with Crippen LogP contribution in [-0.4, -0.2) is 17.4 Å². The first-order chi connectivity index (χ1) is 7.78. The molecule has 0 heterocycles. The molecule has 0 saturated carbocycles. The Morgan fingerprint density at radius 2 is 1.94 bits per heavy atom. The van der Waals surface area contributed by atoms with Crippen molar-refractivity contribution in [3.8, 4) is 5.75 Å². The summed E-state index contributed by atoms with van der Waals surface area (Å²) in [4.78, 5) is 0. The van der Waals surface area contributed by atoms with Crippen molar-refractivity contribution in [2.45, 2.75) is 38.7 Å². The summed E-state index contributed by atoms with van der Waals surface area (Å²) in [5, 5.41) is 9.44. The van der Waals surface area contributed by atoms with E-state index in [0.717, 1.165) is 0 Å². The number of benzene rings is 1. The van der Waals surface area contributed by atoms with Crippen LogP contribution in [0, 0.1) is 0 Å². The first-order valence-electron chi connectivity index (χ1n) is 5.29. The minimum absolute atomic E-state index is 0.0648. The molecule has 0 amide bonds. The van der Waals surface area contributed by atoms with Crippen LogP contribution in [0.25, 0.3) is 0 Å². The zero-order valence-corrected chi connectivity index (χ0v) is 9.66. The lowest BCUT2D eigenvalue weighted by atomic mass is 10.1. The number of ether oxygens (including phenoxy) is 1. The molecule has 0 aromatic heterocycles. The molecule has 2 nitrogen and oxygen atoms in total. The van der Waals surface area contributed by atoms with Gasteiger partial charge in [0.15, 0.2) is 0 Å². The van der Waals surface area contributed by atoms with Gasteiger partial charge in [0.25, 0.3) is 0 Å². The smallest absolute Gasteiger partial charge is 0.391 e. The minimum Gasteiger partial charge on any atom is -0.491 e. The molecular formula is C12H15F3O2. The fraction of sp³-hybridized carbons (Fsp3) is 0.500. The molecule has 5 heteroatoms. The molecule has 96 valence electrons. The highest BCUT2D eigenvalue weighted by Crippen LogP contribution is 2.30. The van der Waals surface area contributed by atoms with E-state index in [1.807, 2.05) is 13.8 Å². The molecular weight excluding hydrogens is 233 g/mol. The summed E-state index contributed by atoms with van der Waals surface area (Å²) in [6.07, 6.45) is -7.25. The van der Waals surface area contributed by atoms with Crippen LogP contribution < -0.4 is 4.74 Å². The Balaban J connectivity index is 2.77. The lowest BCUT2D eigenvalue weighted by Gasteiger charge is -2.15. The van der Waals surface area contributed by atoms with Crippen LogP contribution in [0.5, 0.6) is 5.75 Å². The molecule has 1 N–H and O–H groups in total.